The van der Waals surface area contributed by atoms with Crippen molar-refractivity contribution in [3.63, 3.8) is 0 Å². The van der Waals surface area contributed by atoms with Crippen LogP contribution in [0.3, 0.4) is 0 Å². The second kappa shape index (κ2) is 6.00. The SMILES string of the molecule is O=CC(NC1CCCCC1)OC(F)(F)S(=O)(=O)O. The molecule has 0 radical (unpaired) electrons. The van der Waals surface area contributed by atoms with Crippen molar-refractivity contribution in [1.82, 2.24) is 5.32 Å². The van der Waals surface area contributed by atoms with Gasteiger partial charge in [0, 0.05) is 6.04 Å². The van der Waals surface area contributed by atoms with Crippen molar-refractivity contribution in [2.45, 2.75) is 49.8 Å². The van der Waals surface area contributed by atoms with Crippen LogP contribution < -0.4 is 5.32 Å². The van der Waals surface area contributed by atoms with Crippen molar-refractivity contribution >= 4 is 16.4 Å². The van der Waals surface area contributed by atoms with E-state index in [0.29, 0.717) is 12.8 Å². The molecule has 1 aliphatic rings. The van der Waals surface area contributed by atoms with Crippen LogP contribution in [0.2, 0.25) is 0 Å². The van der Waals surface area contributed by atoms with Crippen LogP contribution in [0.4, 0.5) is 8.78 Å². The van der Waals surface area contributed by atoms with Crippen LogP contribution >= 0.6 is 0 Å². The molecular weight excluding hydrogens is 272 g/mol. The number of alkyl halides is 2. The van der Waals surface area contributed by atoms with E-state index in [-0.39, 0.29) is 12.3 Å². The van der Waals surface area contributed by atoms with Crippen LogP contribution in [0.5, 0.6) is 0 Å². The number of hydrogen-bond donors (Lipinski definition) is 2. The van der Waals surface area contributed by atoms with E-state index >= 15 is 0 Å². The Labute approximate surface area is 103 Å². The molecule has 0 amide bonds. The number of rotatable bonds is 6. The van der Waals surface area contributed by atoms with Crippen molar-refractivity contribution in [2.24, 2.45) is 0 Å². The van der Waals surface area contributed by atoms with Crippen LogP contribution in [0.1, 0.15) is 32.1 Å². The van der Waals surface area contributed by atoms with Gasteiger partial charge >= 0.3 is 15.6 Å². The molecule has 1 saturated carbocycles. The van der Waals surface area contributed by atoms with E-state index in [0.717, 1.165) is 19.3 Å². The number of carbonyl (C=O) groups is 1. The molecule has 1 rings (SSSR count). The Morgan fingerprint density at radius 2 is 1.89 bits per heavy atom. The molecular formula is C9H15F2NO5S. The van der Waals surface area contributed by atoms with E-state index < -0.39 is 21.8 Å². The van der Waals surface area contributed by atoms with Gasteiger partial charge in [-0.1, -0.05) is 19.3 Å². The lowest BCUT2D eigenvalue weighted by atomic mass is 9.95. The first-order valence-electron chi connectivity index (χ1n) is 5.50. The van der Waals surface area contributed by atoms with E-state index in [1.54, 1.807) is 0 Å². The van der Waals surface area contributed by atoms with Crippen molar-refractivity contribution in [3.05, 3.63) is 0 Å². The van der Waals surface area contributed by atoms with Gasteiger partial charge in [-0.15, -0.1) is 0 Å². The summed E-state index contributed by atoms with van der Waals surface area (Å²) >= 11 is 0. The molecule has 0 bridgehead atoms. The third kappa shape index (κ3) is 4.23. The molecule has 0 heterocycles. The summed E-state index contributed by atoms with van der Waals surface area (Å²) < 4.78 is 58.4. The minimum atomic E-state index is -5.70. The molecule has 0 aromatic rings. The normalized spacial score (nSPS) is 20.6. The van der Waals surface area contributed by atoms with Crippen LogP contribution in [-0.4, -0.2) is 37.0 Å². The van der Waals surface area contributed by atoms with Gasteiger partial charge in [0.25, 0.3) is 0 Å². The minimum Gasteiger partial charge on any atom is -0.299 e. The Kier molecular flexibility index (Phi) is 5.14. The van der Waals surface area contributed by atoms with Crippen LogP contribution in [0, 0.1) is 0 Å². The standard InChI is InChI=1S/C9H15F2NO5S/c10-9(11,18(14,15)16)17-8(6-13)12-7-4-2-1-3-5-7/h6-8,12H,1-5H2,(H,14,15,16). The predicted octanol–water partition coefficient (Wildman–Crippen LogP) is 0.888. The summed E-state index contributed by atoms with van der Waals surface area (Å²) in [6, 6.07) is -0.175. The summed E-state index contributed by atoms with van der Waals surface area (Å²) in [5, 5.41) is 2.49. The monoisotopic (exact) mass is 287 g/mol. The number of hydrogen-bond acceptors (Lipinski definition) is 5. The maximum Gasteiger partial charge on any atom is 0.489 e. The molecule has 0 saturated heterocycles. The third-order valence-electron chi connectivity index (χ3n) is 2.69. The topological polar surface area (TPSA) is 92.7 Å². The number of carbonyl (C=O) groups excluding carboxylic acids is 1. The summed E-state index contributed by atoms with van der Waals surface area (Å²) in [5.74, 6) is 0. The molecule has 0 aromatic carbocycles. The average Bonchev–Trinajstić information content (AvgIpc) is 2.27. The van der Waals surface area contributed by atoms with Gasteiger partial charge in [0.2, 0.25) is 0 Å². The molecule has 0 spiro atoms. The third-order valence-corrected chi connectivity index (χ3v) is 3.39. The van der Waals surface area contributed by atoms with E-state index in [4.69, 9.17) is 4.55 Å². The maximum atomic E-state index is 12.9. The van der Waals surface area contributed by atoms with Crippen molar-refractivity contribution in [3.8, 4) is 0 Å². The molecule has 1 unspecified atom stereocenters. The zero-order chi connectivity index (χ0) is 13.8. The Balaban J connectivity index is 2.59. The van der Waals surface area contributed by atoms with E-state index in [1.165, 1.54) is 0 Å². The lowest BCUT2D eigenvalue weighted by Crippen LogP contribution is -2.47. The Morgan fingerprint density at radius 1 is 1.33 bits per heavy atom. The van der Waals surface area contributed by atoms with Crippen molar-refractivity contribution < 1.29 is 31.3 Å². The second-order valence-electron chi connectivity index (χ2n) is 4.11. The van der Waals surface area contributed by atoms with Gasteiger partial charge in [0.1, 0.15) is 0 Å². The maximum absolute atomic E-state index is 12.9. The van der Waals surface area contributed by atoms with Gasteiger partial charge < -0.3 is 0 Å². The molecule has 18 heavy (non-hydrogen) atoms. The van der Waals surface area contributed by atoms with Crippen LogP contribution in [0.15, 0.2) is 0 Å². The smallest absolute Gasteiger partial charge is 0.299 e. The van der Waals surface area contributed by atoms with Gasteiger partial charge in [-0.2, -0.15) is 17.2 Å². The Bertz CT molecular complexity index is 380. The first-order valence-corrected chi connectivity index (χ1v) is 6.94. The lowest BCUT2D eigenvalue weighted by Gasteiger charge is -2.27. The molecule has 9 heteroatoms. The second-order valence-corrected chi connectivity index (χ2v) is 5.54. The fourth-order valence-corrected chi connectivity index (χ4v) is 2.04. The molecule has 1 aliphatic carbocycles. The molecule has 6 nitrogen and oxygen atoms in total. The lowest BCUT2D eigenvalue weighted by molar-refractivity contribution is -0.207. The first kappa shape index (κ1) is 15.4. The van der Waals surface area contributed by atoms with Crippen molar-refractivity contribution in [1.29, 1.82) is 0 Å². The minimum absolute atomic E-state index is 0.0354. The molecule has 1 fully saturated rings. The summed E-state index contributed by atoms with van der Waals surface area (Å²) in [6.45, 7) is 0. The highest BCUT2D eigenvalue weighted by Gasteiger charge is 2.48. The van der Waals surface area contributed by atoms with Gasteiger partial charge in [0.05, 0.1) is 0 Å². The Morgan fingerprint density at radius 3 is 2.33 bits per heavy atom. The average molecular weight is 287 g/mol. The van der Waals surface area contributed by atoms with E-state index in [9.17, 15) is 22.0 Å². The van der Waals surface area contributed by atoms with Crippen LogP contribution in [0.25, 0.3) is 0 Å². The number of halogens is 2. The van der Waals surface area contributed by atoms with Gasteiger partial charge in [-0.25, -0.2) is 0 Å². The molecule has 0 aliphatic heterocycles. The largest absolute Gasteiger partial charge is 0.489 e. The first-order chi connectivity index (χ1) is 8.26. The highest BCUT2D eigenvalue weighted by atomic mass is 32.2. The zero-order valence-corrected chi connectivity index (χ0v) is 10.3. The number of aldehydes is 1. The quantitative estimate of drug-likeness (QED) is 0.428. The van der Waals surface area contributed by atoms with E-state index in [2.05, 4.69) is 10.1 Å². The summed E-state index contributed by atoms with van der Waals surface area (Å²) in [6.07, 6.45) is 2.50. The Hall–Kier alpha value is -0.640. The number of nitrogens with one attached hydrogen (secondary N) is 1. The fourth-order valence-electron chi connectivity index (χ4n) is 1.81. The summed E-state index contributed by atoms with van der Waals surface area (Å²) in [5.41, 5.74) is -4.81. The van der Waals surface area contributed by atoms with Gasteiger partial charge in [-0.3, -0.25) is 19.4 Å². The van der Waals surface area contributed by atoms with E-state index in [1.807, 2.05) is 0 Å². The molecule has 106 valence electrons. The van der Waals surface area contributed by atoms with Crippen molar-refractivity contribution in [2.75, 3.05) is 0 Å². The summed E-state index contributed by atoms with van der Waals surface area (Å²) in [7, 11) is -5.70. The van der Waals surface area contributed by atoms with Gasteiger partial charge in [-0.05, 0) is 12.8 Å². The molecule has 0 aromatic heterocycles. The molecule has 1 atom stereocenters. The van der Waals surface area contributed by atoms with Crippen LogP contribution in [-0.2, 0) is 19.6 Å². The highest BCUT2D eigenvalue weighted by molar-refractivity contribution is 7.86. The number of ether oxygens (including phenoxy) is 1. The zero-order valence-electron chi connectivity index (χ0n) is 9.51. The fraction of sp³-hybridized carbons (Fsp3) is 0.889. The molecule has 2 N–H and O–H groups in total. The highest BCUT2D eigenvalue weighted by Crippen LogP contribution is 2.24. The predicted molar refractivity (Wildman–Crippen MR) is 57.4 cm³/mol. The summed E-state index contributed by atoms with van der Waals surface area (Å²) in [4.78, 5) is 10.6. The van der Waals surface area contributed by atoms with Gasteiger partial charge in [0.15, 0.2) is 12.5 Å².